The lowest BCUT2D eigenvalue weighted by atomic mass is 10.2. The second-order valence-electron chi connectivity index (χ2n) is 6.18. The molecule has 10 heteroatoms. The molecule has 0 radical (unpaired) electrons. The molecule has 3 rings (SSSR count). The SMILES string of the molecule is O=C(Nc1cccc(F)c1)c1cc(S(=O)(=O)[C@H]2CCS(=O)(=O)C2)ccc1F. The Morgan fingerprint density at radius 2 is 1.85 bits per heavy atom. The number of carbonyl (C=O) groups excluding carboxylic acids is 1. The number of sulfone groups is 2. The minimum Gasteiger partial charge on any atom is -0.322 e. The zero-order chi connectivity index (χ0) is 19.8. The van der Waals surface area contributed by atoms with Crippen molar-refractivity contribution in [1.82, 2.24) is 0 Å². The monoisotopic (exact) mass is 415 g/mol. The summed E-state index contributed by atoms with van der Waals surface area (Å²) in [6.07, 6.45) is -0.0487. The predicted molar refractivity (Wildman–Crippen MR) is 95.0 cm³/mol. The van der Waals surface area contributed by atoms with Crippen LogP contribution in [0.4, 0.5) is 14.5 Å². The molecule has 6 nitrogen and oxygen atoms in total. The first kappa shape index (κ1) is 19.4. The summed E-state index contributed by atoms with van der Waals surface area (Å²) >= 11 is 0. The zero-order valence-corrected chi connectivity index (χ0v) is 15.5. The first-order chi connectivity index (χ1) is 12.6. The molecule has 27 heavy (non-hydrogen) atoms. The Bertz CT molecular complexity index is 1110. The molecule has 0 spiro atoms. The summed E-state index contributed by atoms with van der Waals surface area (Å²) in [7, 11) is -7.48. The molecule has 1 N–H and O–H groups in total. The maximum absolute atomic E-state index is 14.1. The lowest BCUT2D eigenvalue weighted by Crippen LogP contribution is -2.23. The van der Waals surface area contributed by atoms with E-state index in [1.807, 2.05) is 0 Å². The van der Waals surface area contributed by atoms with Crippen LogP contribution in [0, 0.1) is 11.6 Å². The Hall–Kier alpha value is -2.33. The van der Waals surface area contributed by atoms with Crippen LogP contribution in [-0.2, 0) is 19.7 Å². The Morgan fingerprint density at radius 3 is 2.48 bits per heavy atom. The van der Waals surface area contributed by atoms with Crippen LogP contribution in [0.15, 0.2) is 47.4 Å². The van der Waals surface area contributed by atoms with Gasteiger partial charge in [0.05, 0.1) is 27.2 Å². The smallest absolute Gasteiger partial charge is 0.258 e. The highest BCUT2D eigenvalue weighted by Crippen LogP contribution is 2.27. The average Bonchev–Trinajstić information content (AvgIpc) is 2.95. The summed E-state index contributed by atoms with van der Waals surface area (Å²) < 4.78 is 75.7. The first-order valence-electron chi connectivity index (χ1n) is 7.89. The minimum atomic E-state index is -4.05. The predicted octanol–water partition coefficient (Wildman–Crippen LogP) is 2.18. The topological polar surface area (TPSA) is 97.4 Å². The lowest BCUT2D eigenvalue weighted by molar-refractivity contribution is 0.102. The van der Waals surface area contributed by atoms with Crippen molar-refractivity contribution in [2.45, 2.75) is 16.6 Å². The van der Waals surface area contributed by atoms with E-state index in [9.17, 15) is 30.4 Å². The number of amides is 1. The fourth-order valence-electron chi connectivity index (χ4n) is 2.82. The summed E-state index contributed by atoms with van der Waals surface area (Å²) in [4.78, 5) is 11.9. The van der Waals surface area contributed by atoms with Crippen LogP contribution in [0.3, 0.4) is 0 Å². The second-order valence-corrected chi connectivity index (χ2v) is 10.6. The third-order valence-corrected chi connectivity index (χ3v) is 8.39. The first-order valence-corrected chi connectivity index (χ1v) is 11.3. The average molecular weight is 415 g/mol. The van der Waals surface area contributed by atoms with E-state index < -0.39 is 53.8 Å². The lowest BCUT2D eigenvalue weighted by Gasteiger charge is -2.12. The molecule has 2 aromatic rings. The molecule has 0 bridgehead atoms. The Morgan fingerprint density at radius 1 is 1.11 bits per heavy atom. The van der Waals surface area contributed by atoms with E-state index in [1.165, 1.54) is 18.2 Å². The van der Waals surface area contributed by atoms with E-state index in [2.05, 4.69) is 5.32 Å². The van der Waals surface area contributed by atoms with Crippen molar-refractivity contribution < 1.29 is 30.4 Å². The summed E-state index contributed by atoms with van der Waals surface area (Å²) in [5.41, 5.74) is -0.462. The minimum absolute atomic E-state index is 0.0487. The number of rotatable bonds is 4. The molecular weight excluding hydrogens is 400 g/mol. The van der Waals surface area contributed by atoms with Gasteiger partial charge in [-0.25, -0.2) is 25.6 Å². The fraction of sp³-hybridized carbons (Fsp3) is 0.235. The zero-order valence-electron chi connectivity index (χ0n) is 13.9. The van der Waals surface area contributed by atoms with Crippen LogP contribution in [0.5, 0.6) is 0 Å². The molecule has 0 unspecified atom stereocenters. The third kappa shape index (κ3) is 4.16. The molecule has 0 aromatic heterocycles. The molecule has 1 heterocycles. The molecular formula is C17H15F2NO5S2. The van der Waals surface area contributed by atoms with E-state index >= 15 is 0 Å². The molecule has 144 valence electrons. The van der Waals surface area contributed by atoms with E-state index in [1.54, 1.807) is 0 Å². The van der Waals surface area contributed by atoms with Gasteiger partial charge in [0.2, 0.25) is 0 Å². The Labute approximate surface area is 155 Å². The Kier molecular flexibility index (Phi) is 5.04. The van der Waals surface area contributed by atoms with Crippen LogP contribution in [-0.4, -0.2) is 39.5 Å². The van der Waals surface area contributed by atoms with E-state index in [4.69, 9.17) is 0 Å². The summed E-state index contributed by atoms with van der Waals surface area (Å²) in [5, 5.41) is 1.16. The van der Waals surface area contributed by atoms with Crippen molar-refractivity contribution in [3.05, 3.63) is 59.7 Å². The van der Waals surface area contributed by atoms with Gasteiger partial charge in [-0.2, -0.15) is 0 Å². The quantitative estimate of drug-likeness (QED) is 0.772. The number of hydrogen-bond donors (Lipinski definition) is 1. The van der Waals surface area contributed by atoms with Crippen molar-refractivity contribution >= 4 is 31.3 Å². The van der Waals surface area contributed by atoms with Crippen LogP contribution < -0.4 is 5.32 Å². The molecule has 1 aliphatic rings. The van der Waals surface area contributed by atoms with Crippen molar-refractivity contribution in [3.8, 4) is 0 Å². The van der Waals surface area contributed by atoms with Crippen LogP contribution >= 0.6 is 0 Å². The molecule has 1 atom stereocenters. The van der Waals surface area contributed by atoms with Gasteiger partial charge in [0.1, 0.15) is 11.6 Å². The molecule has 1 fully saturated rings. The highest BCUT2D eigenvalue weighted by molar-refractivity contribution is 7.96. The van der Waals surface area contributed by atoms with Gasteiger partial charge in [0, 0.05) is 5.69 Å². The van der Waals surface area contributed by atoms with E-state index in [0.717, 1.165) is 24.3 Å². The van der Waals surface area contributed by atoms with E-state index in [-0.39, 0.29) is 22.8 Å². The summed E-state index contributed by atoms with van der Waals surface area (Å²) in [6, 6.07) is 7.63. The number of halogens is 2. The second kappa shape index (κ2) is 7.01. The van der Waals surface area contributed by atoms with Gasteiger partial charge in [0.25, 0.3) is 5.91 Å². The molecule has 1 saturated heterocycles. The maximum Gasteiger partial charge on any atom is 0.258 e. The normalized spacial score (nSPS) is 19.0. The van der Waals surface area contributed by atoms with Crippen LogP contribution in [0.2, 0.25) is 0 Å². The van der Waals surface area contributed by atoms with E-state index in [0.29, 0.717) is 0 Å². The molecule has 0 saturated carbocycles. The van der Waals surface area contributed by atoms with Gasteiger partial charge < -0.3 is 5.32 Å². The number of benzene rings is 2. The Balaban J connectivity index is 1.91. The number of carbonyl (C=O) groups is 1. The van der Waals surface area contributed by atoms with Gasteiger partial charge in [-0.1, -0.05) is 6.07 Å². The van der Waals surface area contributed by atoms with Crippen molar-refractivity contribution in [3.63, 3.8) is 0 Å². The van der Waals surface area contributed by atoms with Gasteiger partial charge >= 0.3 is 0 Å². The largest absolute Gasteiger partial charge is 0.322 e. The van der Waals surface area contributed by atoms with Gasteiger partial charge in [-0.05, 0) is 42.8 Å². The third-order valence-electron chi connectivity index (χ3n) is 4.22. The van der Waals surface area contributed by atoms with Crippen LogP contribution in [0.1, 0.15) is 16.8 Å². The highest BCUT2D eigenvalue weighted by atomic mass is 32.2. The number of hydrogen-bond acceptors (Lipinski definition) is 5. The van der Waals surface area contributed by atoms with Gasteiger partial charge in [-0.3, -0.25) is 4.79 Å². The molecule has 1 aliphatic heterocycles. The van der Waals surface area contributed by atoms with Crippen molar-refractivity contribution in [2.24, 2.45) is 0 Å². The molecule has 0 aliphatic carbocycles. The number of anilines is 1. The summed E-state index contributed by atoms with van der Waals surface area (Å²) in [6.45, 7) is 0. The van der Waals surface area contributed by atoms with Crippen molar-refractivity contribution in [2.75, 3.05) is 16.8 Å². The highest BCUT2D eigenvalue weighted by Gasteiger charge is 2.38. The van der Waals surface area contributed by atoms with Crippen LogP contribution in [0.25, 0.3) is 0 Å². The molecule has 2 aromatic carbocycles. The van der Waals surface area contributed by atoms with Gasteiger partial charge in [0.15, 0.2) is 19.7 Å². The molecule has 1 amide bonds. The van der Waals surface area contributed by atoms with Gasteiger partial charge in [-0.15, -0.1) is 0 Å². The fourth-order valence-corrected chi connectivity index (χ4v) is 7.20. The maximum atomic E-state index is 14.1. The standard InChI is InChI=1S/C17H15F2NO5S2/c18-11-2-1-3-12(8-11)20-17(21)15-9-13(4-5-16(15)19)27(24,25)14-6-7-26(22,23)10-14/h1-5,8-9,14H,6-7,10H2,(H,20,21)/t14-/m0/s1. The summed E-state index contributed by atoms with van der Waals surface area (Å²) in [5.74, 6) is -3.24. The van der Waals surface area contributed by atoms with Crippen molar-refractivity contribution in [1.29, 1.82) is 0 Å². The number of nitrogens with one attached hydrogen (secondary N) is 1.